The fourth-order valence-electron chi connectivity index (χ4n) is 3.61. The van der Waals surface area contributed by atoms with Crippen LogP contribution in [0.25, 0.3) is 0 Å². The second-order valence-electron chi connectivity index (χ2n) is 6.55. The Morgan fingerprint density at radius 2 is 1.45 bits per heavy atom. The molecule has 1 amide bonds. The molecule has 0 bridgehead atoms. The van der Waals surface area contributed by atoms with E-state index in [1.54, 1.807) is 38.4 Å². The van der Waals surface area contributed by atoms with Gasteiger partial charge >= 0.3 is 0 Å². The van der Waals surface area contributed by atoms with E-state index in [4.69, 9.17) is 14.2 Å². The Balaban J connectivity index is 1.94. The van der Waals surface area contributed by atoms with Crippen molar-refractivity contribution in [3.63, 3.8) is 0 Å². The molecule has 0 saturated carbocycles. The molecule has 1 aliphatic rings. The van der Waals surface area contributed by atoms with Gasteiger partial charge in [0.1, 0.15) is 23.4 Å². The Bertz CT molecular complexity index is 1010. The molecule has 3 aromatic rings. The van der Waals surface area contributed by atoms with E-state index in [0.717, 1.165) is 11.4 Å². The van der Waals surface area contributed by atoms with Crippen molar-refractivity contribution in [3.8, 4) is 17.2 Å². The molecular weight excluding hydrogens is 368 g/mol. The van der Waals surface area contributed by atoms with Gasteiger partial charge in [-0.15, -0.1) is 0 Å². The summed E-state index contributed by atoms with van der Waals surface area (Å²) >= 11 is 0. The molecule has 4 rings (SSSR count). The fourth-order valence-corrected chi connectivity index (χ4v) is 3.61. The van der Waals surface area contributed by atoms with Gasteiger partial charge in [-0.2, -0.15) is 0 Å². The number of hydrogen-bond acceptors (Lipinski definition) is 5. The van der Waals surface area contributed by atoms with Gasteiger partial charge in [-0.3, -0.25) is 9.69 Å². The van der Waals surface area contributed by atoms with Crippen LogP contribution in [0.1, 0.15) is 22.1 Å². The number of carbonyl (C=O) groups excluding carboxylic acids is 1. The number of amides is 1. The van der Waals surface area contributed by atoms with Crippen molar-refractivity contribution in [1.82, 2.24) is 0 Å². The fraction of sp³-hybridized carbons (Fsp3) is 0.174. The monoisotopic (exact) mass is 390 g/mol. The number of anilines is 2. The summed E-state index contributed by atoms with van der Waals surface area (Å²) in [5, 5.41) is 3.48. The number of fused-ring (bicyclic) bond motifs is 1. The van der Waals surface area contributed by atoms with Crippen molar-refractivity contribution in [1.29, 1.82) is 0 Å². The van der Waals surface area contributed by atoms with Crippen LogP contribution in [0.4, 0.5) is 11.4 Å². The molecule has 1 atom stereocenters. The molecule has 148 valence electrons. The smallest absolute Gasteiger partial charge is 0.262 e. The molecule has 1 N–H and O–H groups in total. The Kier molecular flexibility index (Phi) is 4.99. The number of carbonyl (C=O) groups is 1. The molecule has 0 spiro atoms. The van der Waals surface area contributed by atoms with Crippen molar-refractivity contribution < 1.29 is 19.0 Å². The summed E-state index contributed by atoms with van der Waals surface area (Å²) in [4.78, 5) is 15.2. The number of hydrogen-bond donors (Lipinski definition) is 1. The van der Waals surface area contributed by atoms with Gasteiger partial charge in [0.05, 0.1) is 32.5 Å². The highest BCUT2D eigenvalue weighted by Crippen LogP contribution is 2.45. The van der Waals surface area contributed by atoms with Crippen LogP contribution in [0, 0.1) is 0 Å². The molecule has 0 fully saturated rings. The Morgan fingerprint density at radius 3 is 2.07 bits per heavy atom. The van der Waals surface area contributed by atoms with Crippen LogP contribution in [0.15, 0.2) is 66.7 Å². The van der Waals surface area contributed by atoms with Gasteiger partial charge in [0.25, 0.3) is 5.91 Å². The number of benzene rings is 3. The SMILES string of the molecule is COc1cc(OC)c([C@H]2Nc3ccccc3C(=O)N2c2ccccc2)c(OC)c1. The van der Waals surface area contributed by atoms with Crippen LogP contribution in [-0.2, 0) is 0 Å². The number of rotatable bonds is 5. The maximum absolute atomic E-state index is 13.5. The van der Waals surface area contributed by atoms with Gasteiger partial charge in [-0.1, -0.05) is 30.3 Å². The summed E-state index contributed by atoms with van der Waals surface area (Å²) in [6.07, 6.45) is -0.532. The molecule has 1 aliphatic heterocycles. The predicted octanol–water partition coefficient (Wildman–Crippen LogP) is 4.48. The van der Waals surface area contributed by atoms with Crippen molar-refractivity contribution in [2.24, 2.45) is 0 Å². The lowest BCUT2D eigenvalue weighted by atomic mass is 10.0. The van der Waals surface area contributed by atoms with Gasteiger partial charge in [-0.05, 0) is 24.3 Å². The first kappa shape index (κ1) is 18.7. The lowest BCUT2D eigenvalue weighted by Gasteiger charge is -2.39. The van der Waals surface area contributed by atoms with Crippen LogP contribution in [0.3, 0.4) is 0 Å². The van der Waals surface area contributed by atoms with Crippen LogP contribution in [0.5, 0.6) is 17.2 Å². The van der Waals surface area contributed by atoms with Crippen LogP contribution in [0.2, 0.25) is 0 Å². The predicted molar refractivity (Wildman–Crippen MR) is 112 cm³/mol. The summed E-state index contributed by atoms with van der Waals surface area (Å²) in [6.45, 7) is 0. The van der Waals surface area contributed by atoms with E-state index in [9.17, 15) is 4.79 Å². The lowest BCUT2D eigenvalue weighted by Crippen LogP contribution is -2.43. The number of para-hydroxylation sites is 2. The summed E-state index contributed by atoms with van der Waals surface area (Å²) in [5.74, 6) is 1.63. The second-order valence-corrected chi connectivity index (χ2v) is 6.55. The Labute approximate surface area is 169 Å². The van der Waals surface area contributed by atoms with E-state index in [1.807, 2.05) is 54.6 Å². The highest BCUT2D eigenvalue weighted by molar-refractivity contribution is 6.12. The maximum Gasteiger partial charge on any atom is 0.262 e. The minimum absolute atomic E-state index is 0.101. The topological polar surface area (TPSA) is 60.0 Å². The lowest BCUT2D eigenvalue weighted by molar-refractivity contribution is 0.0974. The zero-order chi connectivity index (χ0) is 20.4. The summed E-state index contributed by atoms with van der Waals surface area (Å²) in [6, 6.07) is 20.6. The average Bonchev–Trinajstić information content (AvgIpc) is 2.78. The van der Waals surface area contributed by atoms with E-state index in [2.05, 4.69) is 5.32 Å². The molecule has 0 aliphatic carbocycles. The molecule has 0 unspecified atom stereocenters. The van der Waals surface area contributed by atoms with Gasteiger partial charge in [0.2, 0.25) is 0 Å². The summed E-state index contributed by atoms with van der Waals surface area (Å²) < 4.78 is 16.7. The average molecular weight is 390 g/mol. The van der Waals surface area contributed by atoms with Crippen molar-refractivity contribution in [2.75, 3.05) is 31.5 Å². The number of nitrogens with one attached hydrogen (secondary N) is 1. The summed E-state index contributed by atoms with van der Waals surface area (Å²) in [5.41, 5.74) is 2.85. The van der Waals surface area contributed by atoms with Gasteiger partial charge < -0.3 is 19.5 Å². The third-order valence-electron chi connectivity index (χ3n) is 4.99. The number of ether oxygens (including phenoxy) is 3. The van der Waals surface area contributed by atoms with E-state index in [1.165, 1.54) is 0 Å². The molecule has 6 heteroatoms. The number of methoxy groups -OCH3 is 3. The van der Waals surface area contributed by atoms with Gasteiger partial charge in [0, 0.05) is 23.5 Å². The van der Waals surface area contributed by atoms with Crippen LogP contribution >= 0.6 is 0 Å². The summed E-state index contributed by atoms with van der Waals surface area (Å²) in [7, 11) is 4.76. The molecule has 6 nitrogen and oxygen atoms in total. The molecule has 0 radical (unpaired) electrons. The van der Waals surface area contributed by atoms with Crippen LogP contribution < -0.4 is 24.4 Å². The molecule has 0 saturated heterocycles. The first-order valence-electron chi connectivity index (χ1n) is 9.22. The molecule has 3 aromatic carbocycles. The van der Waals surface area contributed by atoms with E-state index >= 15 is 0 Å². The van der Waals surface area contributed by atoms with Crippen molar-refractivity contribution in [2.45, 2.75) is 6.17 Å². The van der Waals surface area contributed by atoms with E-state index in [-0.39, 0.29) is 5.91 Å². The normalized spacial score (nSPS) is 15.3. The zero-order valence-corrected chi connectivity index (χ0v) is 16.5. The largest absolute Gasteiger partial charge is 0.496 e. The Morgan fingerprint density at radius 1 is 0.828 bits per heavy atom. The zero-order valence-electron chi connectivity index (χ0n) is 16.5. The van der Waals surface area contributed by atoms with E-state index in [0.29, 0.717) is 28.4 Å². The van der Waals surface area contributed by atoms with Crippen LogP contribution in [-0.4, -0.2) is 27.2 Å². The third kappa shape index (κ3) is 3.23. The molecule has 29 heavy (non-hydrogen) atoms. The minimum Gasteiger partial charge on any atom is -0.496 e. The quantitative estimate of drug-likeness (QED) is 0.696. The van der Waals surface area contributed by atoms with Crippen molar-refractivity contribution in [3.05, 3.63) is 77.9 Å². The molecule has 1 heterocycles. The van der Waals surface area contributed by atoms with Crippen molar-refractivity contribution >= 4 is 17.3 Å². The second kappa shape index (κ2) is 7.75. The molecular formula is C23H22N2O4. The minimum atomic E-state index is -0.532. The molecule has 0 aromatic heterocycles. The van der Waals surface area contributed by atoms with E-state index < -0.39 is 6.17 Å². The third-order valence-corrected chi connectivity index (χ3v) is 4.99. The van der Waals surface area contributed by atoms with Gasteiger partial charge in [-0.25, -0.2) is 0 Å². The standard InChI is InChI=1S/C23H22N2O4/c1-27-16-13-19(28-2)21(20(14-16)29-3)22-24-18-12-8-7-11-17(18)23(26)25(22)15-9-5-4-6-10-15/h4-14,22,24H,1-3H3/t22-/m0/s1. The first-order chi connectivity index (χ1) is 14.2. The highest BCUT2D eigenvalue weighted by atomic mass is 16.5. The number of nitrogens with zero attached hydrogens (tertiary/aromatic N) is 1. The highest BCUT2D eigenvalue weighted by Gasteiger charge is 2.37. The Hall–Kier alpha value is -3.67. The maximum atomic E-state index is 13.5. The van der Waals surface area contributed by atoms with Gasteiger partial charge in [0.15, 0.2) is 0 Å². The first-order valence-corrected chi connectivity index (χ1v) is 9.22.